The third-order valence-electron chi connectivity index (χ3n) is 7.51. The summed E-state index contributed by atoms with van der Waals surface area (Å²) in [4.78, 5) is 29.5. The summed E-state index contributed by atoms with van der Waals surface area (Å²) in [6, 6.07) is 21.8. The number of rotatable bonds is 6. The van der Waals surface area contributed by atoms with E-state index in [1.807, 2.05) is 78.2 Å². The number of benzene rings is 2. The lowest BCUT2D eigenvalue weighted by molar-refractivity contribution is -0.134. The molecule has 2 aliphatic rings. The molecule has 1 aliphatic heterocycles. The molecule has 1 aliphatic carbocycles. The SMILES string of the molecule is COc1ccc(CN2C(=O)c3ccc(-c4ccccc4)n3CC2(C)C(=O)NC2CCCCC2)cc1. The fourth-order valence-electron chi connectivity index (χ4n) is 5.38. The smallest absolute Gasteiger partial charge is 0.271 e. The van der Waals surface area contributed by atoms with E-state index in [0.29, 0.717) is 18.8 Å². The van der Waals surface area contributed by atoms with Crippen molar-refractivity contribution in [3.05, 3.63) is 78.0 Å². The number of methoxy groups -OCH3 is 1. The summed E-state index contributed by atoms with van der Waals surface area (Å²) in [5.41, 5.74) is 2.53. The summed E-state index contributed by atoms with van der Waals surface area (Å²) in [7, 11) is 1.63. The van der Waals surface area contributed by atoms with Crippen molar-refractivity contribution in [3.63, 3.8) is 0 Å². The lowest BCUT2D eigenvalue weighted by Crippen LogP contribution is -2.64. The van der Waals surface area contributed by atoms with E-state index in [1.165, 1.54) is 6.42 Å². The molecule has 2 heterocycles. The van der Waals surface area contributed by atoms with Gasteiger partial charge in [-0.3, -0.25) is 9.59 Å². The Morgan fingerprint density at radius 3 is 2.34 bits per heavy atom. The predicted octanol–water partition coefficient (Wildman–Crippen LogP) is 5.03. The van der Waals surface area contributed by atoms with E-state index in [2.05, 4.69) is 5.32 Å². The van der Waals surface area contributed by atoms with Crippen LogP contribution in [0.3, 0.4) is 0 Å². The molecule has 1 saturated carbocycles. The van der Waals surface area contributed by atoms with Crippen LogP contribution in [-0.4, -0.2) is 40.0 Å². The first kappa shape index (κ1) is 23.2. The van der Waals surface area contributed by atoms with Crippen LogP contribution in [0.25, 0.3) is 11.3 Å². The fourth-order valence-corrected chi connectivity index (χ4v) is 5.38. The Morgan fingerprint density at radius 2 is 1.66 bits per heavy atom. The van der Waals surface area contributed by atoms with Gasteiger partial charge in [-0.2, -0.15) is 0 Å². The molecule has 1 unspecified atom stereocenters. The topological polar surface area (TPSA) is 63.6 Å². The molecule has 1 aromatic heterocycles. The van der Waals surface area contributed by atoms with E-state index in [1.54, 1.807) is 12.0 Å². The molecule has 1 atom stereocenters. The van der Waals surface area contributed by atoms with Crippen LogP contribution in [0.1, 0.15) is 55.1 Å². The minimum Gasteiger partial charge on any atom is -0.497 e. The Balaban J connectivity index is 1.52. The number of ether oxygens (including phenoxy) is 1. The van der Waals surface area contributed by atoms with Gasteiger partial charge in [0.05, 0.1) is 13.7 Å². The van der Waals surface area contributed by atoms with E-state index in [0.717, 1.165) is 48.3 Å². The number of aromatic nitrogens is 1. The second kappa shape index (κ2) is 9.61. The van der Waals surface area contributed by atoms with Crippen molar-refractivity contribution in [1.29, 1.82) is 0 Å². The highest BCUT2D eigenvalue weighted by Gasteiger charge is 2.48. The molecule has 1 fully saturated rings. The number of carbonyl (C=O) groups is 2. The summed E-state index contributed by atoms with van der Waals surface area (Å²) >= 11 is 0. The second-order valence-corrected chi connectivity index (χ2v) is 9.88. The zero-order valence-corrected chi connectivity index (χ0v) is 20.5. The van der Waals surface area contributed by atoms with Gasteiger partial charge in [0.15, 0.2) is 0 Å². The molecule has 6 heteroatoms. The first-order valence-corrected chi connectivity index (χ1v) is 12.5. The van der Waals surface area contributed by atoms with Gasteiger partial charge in [-0.1, -0.05) is 61.7 Å². The Kier molecular flexibility index (Phi) is 6.37. The van der Waals surface area contributed by atoms with Crippen LogP contribution in [0.4, 0.5) is 0 Å². The largest absolute Gasteiger partial charge is 0.497 e. The summed E-state index contributed by atoms with van der Waals surface area (Å²) in [6.45, 7) is 2.66. The van der Waals surface area contributed by atoms with E-state index in [9.17, 15) is 9.59 Å². The standard InChI is InChI=1S/C29H33N3O3/c1-29(28(34)30-23-11-7-4-8-12-23)20-31-25(22-9-5-3-6-10-22)17-18-26(31)27(33)32(29)19-21-13-15-24(35-2)16-14-21/h3,5-6,9-10,13-18,23H,4,7-8,11-12,19-20H2,1-2H3,(H,30,34). The Labute approximate surface area is 206 Å². The van der Waals surface area contributed by atoms with E-state index >= 15 is 0 Å². The molecule has 6 nitrogen and oxygen atoms in total. The molecule has 0 spiro atoms. The molecular weight excluding hydrogens is 438 g/mol. The monoisotopic (exact) mass is 471 g/mol. The highest BCUT2D eigenvalue weighted by molar-refractivity contribution is 6.00. The van der Waals surface area contributed by atoms with Gasteiger partial charge in [0.1, 0.15) is 17.0 Å². The average molecular weight is 472 g/mol. The number of nitrogens with zero attached hydrogens (tertiary/aromatic N) is 2. The van der Waals surface area contributed by atoms with Crippen molar-refractivity contribution in [2.45, 2.75) is 63.7 Å². The van der Waals surface area contributed by atoms with Gasteiger partial charge in [0.2, 0.25) is 5.91 Å². The minimum atomic E-state index is -1.02. The third kappa shape index (κ3) is 4.45. The number of hydrogen-bond donors (Lipinski definition) is 1. The number of amides is 2. The maximum absolute atomic E-state index is 13.9. The predicted molar refractivity (Wildman–Crippen MR) is 136 cm³/mol. The van der Waals surface area contributed by atoms with Crippen LogP contribution < -0.4 is 10.1 Å². The molecule has 182 valence electrons. The van der Waals surface area contributed by atoms with Gasteiger partial charge in [-0.25, -0.2) is 0 Å². The van der Waals surface area contributed by atoms with Crippen molar-refractivity contribution in [1.82, 2.24) is 14.8 Å². The first-order chi connectivity index (χ1) is 17.0. The zero-order valence-electron chi connectivity index (χ0n) is 20.5. The number of nitrogens with one attached hydrogen (secondary N) is 1. The molecule has 1 N–H and O–H groups in total. The molecule has 0 bridgehead atoms. The van der Waals surface area contributed by atoms with Gasteiger partial charge in [0.25, 0.3) is 5.91 Å². The highest BCUT2D eigenvalue weighted by Crippen LogP contribution is 2.34. The van der Waals surface area contributed by atoms with Crippen molar-refractivity contribution >= 4 is 11.8 Å². The molecular formula is C29H33N3O3. The normalized spacial score (nSPS) is 20.4. The Morgan fingerprint density at radius 1 is 0.971 bits per heavy atom. The fraction of sp³-hybridized carbons (Fsp3) is 0.379. The summed E-state index contributed by atoms with van der Waals surface area (Å²) in [5.74, 6) is 0.554. The lowest BCUT2D eigenvalue weighted by Gasteiger charge is -2.45. The van der Waals surface area contributed by atoms with Crippen LogP contribution in [0, 0.1) is 0 Å². The third-order valence-corrected chi connectivity index (χ3v) is 7.51. The number of hydrogen-bond acceptors (Lipinski definition) is 3. The van der Waals surface area contributed by atoms with Crippen LogP contribution in [0.5, 0.6) is 5.75 Å². The van der Waals surface area contributed by atoms with Crippen molar-refractivity contribution < 1.29 is 14.3 Å². The van der Waals surface area contributed by atoms with Gasteiger partial charge in [-0.05, 0) is 55.2 Å². The van der Waals surface area contributed by atoms with Gasteiger partial charge in [-0.15, -0.1) is 0 Å². The van der Waals surface area contributed by atoms with Crippen molar-refractivity contribution in [2.75, 3.05) is 7.11 Å². The van der Waals surface area contributed by atoms with Crippen molar-refractivity contribution in [3.8, 4) is 17.0 Å². The van der Waals surface area contributed by atoms with Gasteiger partial charge >= 0.3 is 0 Å². The van der Waals surface area contributed by atoms with Crippen LogP contribution in [-0.2, 0) is 17.9 Å². The van der Waals surface area contributed by atoms with E-state index in [-0.39, 0.29) is 17.9 Å². The summed E-state index contributed by atoms with van der Waals surface area (Å²) in [5, 5.41) is 3.30. The molecule has 3 aromatic rings. The average Bonchev–Trinajstić information content (AvgIpc) is 3.31. The number of carbonyl (C=O) groups excluding carboxylic acids is 2. The molecule has 2 aromatic carbocycles. The molecule has 35 heavy (non-hydrogen) atoms. The van der Waals surface area contributed by atoms with Crippen LogP contribution >= 0.6 is 0 Å². The summed E-state index contributed by atoms with van der Waals surface area (Å²) in [6.07, 6.45) is 5.49. The Hall–Kier alpha value is -3.54. The van der Waals surface area contributed by atoms with Crippen LogP contribution in [0.2, 0.25) is 0 Å². The van der Waals surface area contributed by atoms with Gasteiger partial charge in [0, 0.05) is 18.3 Å². The maximum Gasteiger partial charge on any atom is 0.271 e. The van der Waals surface area contributed by atoms with Crippen LogP contribution in [0.15, 0.2) is 66.7 Å². The van der Waals surface area contributed by atoms with Crippen molar-refractivity contribution in [2.24, 2.45) is 0 Å². The zero-order chi connectivity index (χ0) is 24.4. The second-order valence-electron chi connectivity index (χ2n) is 9.88. The molecule has 2 amide bonds. The van der Waals surface area contributed by atoms with E-state index in [4.69, 9.17) is 4.74 Å². The van der Waals surface area contributed by atoms with Gasteiger partial charge < -0.3 is 19.5 Å². The summed E-state index contributed by atoms with van der Waals surface area (Å²) < 4.78 is 7.30. The lowest BCUT2D eigenvalue weighted by atomic mass is 9.91. The molecule has 5 rings (SSSR count). The molecule has 0 saturated heterocycles. The highest BCUT2D eigenvalue weighted by atomic mass is 16.5. The Bertz CT molecular complexity index is 1200. The quantitative estimate of drug-likeness (QED) is 0.549. The minimum absolute atomic E-state index is 0.0791. The number of fused-ring (bicyclic) bond motifs is 1. The van der Waals surface area contributed by atoms with E-state index < -0.39 is 5.54 Å². The molecule has 0 radical (unpaired) electrons. The first-order valence-electron chi connectivity index (χ1n) is 12.5. The maximum atomic E-state index is 13.9.